The van der Waals surface area contributed by atoms with Crippen molar-refractivity contribution in [3.8, 4) is 23.4 Å². The van der Waals surface area contributed by atoms with Gasteiger partial charge in [-0.2, -0.15) is 10.2 Å². The molecule has 1 aromatic heterocycles. The lowest BCUT2D eigenvalue weighted by Crippen LogP contribution is -1.98. The minimum absolute atomic E-state index is 0.109. The van der Waals surface area contributed by atoms with Crippen LogP contribution in [0.15, 0.2) is 24.5 Å². The van der Waals surface area contributed by atoms with Crippen LogP contribution in [0.1, 0.15) is 5.56 Å². The maximum atomic E-state index is 8.81. The maximum absolute atomic E-state index is 8.81. The highest BCUT2D eigenvalue weighted by Crippen LogP contribution is 2.34. The van der Waals surface area contributed by atoms with Crippen LogP contribution >= 0.6 is 11.6 Å². The van der Waals surface area contributed by atoms with Gasteiger partial charge in [-0.25, -0.2) is 4.98 Å². The number of hydrogen-bond acceptors (Lipinski definition) is 6. The minimum atomic E-state index is 0.109. The van der Waals surface area contributed by atoms with Crippen LogP contribution in [0.4, 0.5) is 5.69 Å². The average molecular weight is 277 g/mol. The van der Waals surface area contributed by atoms with Gasteiger partial charge in [0, 0.05) is 6.07 Å². The molecule has 0 spiro atoms. The molecule has 0 atom stereocenters. The zero-order valence-corrected chi connectivity index (χ0v) is 10.7. The van der Waals surface area contributed by atoms with Gasteiger partial charge in [0.05, 0.1) is 18.7 Å². The Morgan fingerprint density at radius 3 is 2.79 bits per heavy atom. The van der Waals surface area contributed by atoms with E-state index in [-0.39, 0.29) is 16.7 Å². The second kappa shape index (κ2) is 5.42. The first-order chi connectivity index (χ1) is 9.15. The van der Waals surface area contributed by atoms with E-state index >= 15 is 0 Å². The molecule has 0 amide bonds. The highest BCUT2D eigenvalue weighted by atomic mass is 35.5. The Balaban J connectivity index is 2.38. The highest BCUT2D eigenvalue weighted by molar-refractivity contribution is 6.32. The minimum Gasteiger partial charge on any atom is -0.493 e. The number of nitriles is 1. The van der Waals surface area contributed by atoms with E-state index in [0.717, 1.165) is 0 Å². The predicted molar refractivity (Wildman–Crippen MR) is 69.2 cm³/mol. The van der Waals surface area contributed by atoms with E-state index in [4.69, 9.17) is 32.1 Å². The molecule has 6 nitrogen and oxygen atoms in total. The lowest BCUT2D eigenvalue weighted by Gasteiger charge is -2.11. The topological polar surface area (TPSA) is 94.0 Å². The molecule has 0 aliphatic rings. The van der Waals surface area contributed by atoms with Crippen LogP contribution in [-0.4, -0.2) is 17.1 Å². The Labute approximate surface area is 114 Å². The first-order valence-corrected chi connectivity index (χ1v) is 5.55. The lowest BCUT2D eigenvalue weighted by atomic mass is 10.2. The number of hydrogen-bond donors (Lipinski definition) is 1. The maximum Gasteiger partial charge on any atom is 0.247 e. The number of ether oxygens (including phenoxy) is 2. The van der Waals surface area contributed by atoms with Gasteiger partial charge in [-0.3, -0.25) is 0 Å². The zero-order chi connectivity index (χ0) is 13.8. The van der Waals surface area contributed by atoms with Gasteiger partial charge in [0.1, 0.15) is 12.0 Å². The number of nitrogen functional groups attached to an aromatic ring is 1. The van der Waals surface area contributed by atoms with Gasteiger partial charge in [-0.15, -0.1) is 0 Å². The molecule has 0 saturated carbocycles. The van der Waals surface area contributed by atoms with Gasteiger partial charge < -0.3 is 15.2 Å². The van der Waals surface area contributed by atoms with Gasteiger partial charge in [-0.1, -0.05) is 11.6 Å². The van der Waals surface area contributed by atoms with Crippen LogP contribution in [0.2, 0.25) is 5.15 Å². The summed E-state index contributed by atoms with van der Waals surface area (Å²) in [4.78, 5) is 7.62. The smallest absolute Gasteiger partial charge is 0.247 e. The summed E-state index contributed by atoms with van der Waals surface area (Å²) >= 11 is 5.77. The Kier molecular flexibility index (Phi) is 3.68. The van der Waals surface area contributed by atoms with Gasteiger partial charge >= 0.3 is 0 Å². The van der Waals surface area contributed by atoms with E-state index in [1.54, 1.807) is 18.2 Å². The van der Waals surface area contributed by atoms with Crippen LogP contribution in [-0.2, 0) is 0 Å². The molecule has 1 heterocycles. The van der Waals surface area contributed by atoms with Crippen molar-refractivity contribution in [3.05, 3.63) is 35.2 Å². The van der Waals surface area contributed by atoms with E-state index < -0.39 is 0 Å². The molecular formula is C12H9ClN4O2. The zero-order valence-electron chi connectivity index (χ0n) is 9.92. The quantitative estimate of drug-likeness (QED) is 0.865. The van der Waals surface area contributed by atoms with Crippen LogP contribution in [0.3, 0.4) is 0 Å². The first kappa shape index (κ1) is 12.9. The third kappa shape index (κ3) is 2.67. The molecule has 19 heavy (non-hydrogen) atoms. The first-order valence-electron chi connectivity index (χ1n) is 5.17. The molecule has 0 aliphatic heterocycles. The molecule has 0 fully saturated rings. The Morgan fingerprint density at radius 2 is 2.11 bits per heavy atom. The van der Waals surface area contributed by atoms with Gasteiger partial charge in [0.15, 0.2) is 16.7 Å². The van der Waals surface area contributed by atoms with Crippen LogP contribution in [0.5, 0.6) is 17.4 Å². The van der Waals surface area contributed by atoms with Crippen LogP contribution in [0.25, 0.3) is 0 Å². The van der Waals surface area contributed by atoms with E-state index in [2.05, 4.69) is 9.97 Å². The van der Waals surface area contributed by atoms with Crippen molar-refractivity contribution < 1.29 is 9.47 Å². The summed E-state index contributed by atoms with van der Waals surface area (Å²) in [7, 11) is 1.47. The van der Waals surface area contributed by atoms with Gasteiger partial charge in [0.2, 0.25) is 5.88 Å². The average Bonchev–Trinajstić information content (AvgIpc) is 2.44. The van der Waals surface area contributed by atoms with Crippen molar-refractivity contribution in [1.82, 2.24) is 9.97 Å². The number of anilines is 1. The van der Waals surface area contributed by atoms with Crippen LogP contribution in [0, 0.1) is 11.3 Å². The second-order valence-corrected chi connectivity index (χ2v) is 3.82. The second-order valence-electron chi connectivity index (χ2n) is 3.46. The number of aromatic nitrogens is 2. The summed E-state index contributed by atoms with van der Waals surface area (Å²) < 4.78 is 10.7. The molecule has 2 rings (SSSR count). The number of methoxy groups -OCH3 is 1. The fourth-order valence-electron chi connectivity index (χ4n) is 1.37. The highest BCUT2D eigenvalue weighted by Gasteiger charge is 2.12. The molecular weight excluding hydrogens is 268 g/mol. The van der Waals surface area contributed by atoms with E-state index in [9.17, 15) is 0 Å². The summed E-state index contributed by atoms with van der Waals surface area (Å²) in [6, 6.07) is 6.74. The van der Waals surface area contributed by atoms with Crippen molar-refractivity contribution in [1.29, 1.82) is 5.26 Å². The van der Waals surface area contributed by atoms with Gasteiger partial charge in [0.25, 0.3) is 0 Å². The molecule has 7 heteroatoms. The number of nitrogens with two attached hydrogens (primary N) is 1. The summed E-state index contributed by atoms with van der Waals surface area (Å²) in [5.41, 5.74) is 6.29. The molecule has 1 aromatic carbocycles. The van der Waals surface area contributed by atoms with Crippen molar-refractivity contribution in [2.24, 2.45) is 0 Å². The molecule has 2 aromatic rings. The monoisotopic (exact) mass is 276 g/mol. The number of halogens is 1. The molecule has 0 unspecified atom stereocenters. The molecule has 0 bridgehead atoms. The third-order valence-electron chi connectivity index (χ3n) is 2.30. The Morgan fingerprint density at radius 1 is 1.32 bits per heavy atom. The predicted octanol–water partition coefficient (Wildman–Crippen LogP) is 2.38. The standard InChI is InChI=1S/C12H9ClN4O2/c1-18-9-4-7(5-14)2-3-8(9)19-12-10(15)11(13)16-6-17-12/h2-4,6H,15H2,1H3. The molecule has 2 N–H and O–H groups in total. The Hall–Kier alpha value is -2.52. The van der Waals surface area contributed by atoms with E-state index in [0.29, 0.717) is 17.1 Å². The van der Waals surface area contributed by atoms with Crippen molar-refractivity contribution in [3.63, 3.8) is 0 Å². The van der Waals surface area contributed by atoms with Crippen molar-refractivity contribution >= 4 is 17.3 Å². The molecule has 96 valence electrons. The fraction of sp³-hybridized carbons (Fsp3) is 0.0833. The Bertz CT molecular complexity index is 655. The lowest BCUT2D eigenvalue weighted by molar-refractivity contribution is 0.374. The third-order valence-corrected chi connectivity index (χ3v) is 2.60. The number of benzene rings is 1. The van der Waals surface area contributed by atoms with E-state index in [1.165, 1.54) is 13.4 Å². The normalized spacial score (nSPS) is 9.74. The van der Waals surface area contributed by atoms with Gasteiger partial charge in [-0.05, 0) is 12.1 Å². The largest absolute Gasteiger partial charge is 0.493 e. The number of rotatable bonds is 3. The number of nitrogens with zero attached hydrogens (tertiary/aromatic N) is 3. The molecule has 0 aliphatic carbocycles. The summed E-state index contributed by atoms with van der Waals surface area (Å²) in [5.74, 6) is 0.902. The summed E-state index contributed by atoms with van der Waals surface area (Å²) in [6.07, 6.45) is 1.24. The molecule has 0 radical (unpaired) electrons. The summed E-state index contributed by atoms with van der Waals surface area (Å²) in [6.45, 7) is 0. The molecule has 0 saturated heterocycles. The van der Waals surface area contributed by atoms with Crippen molar-refractivity contribution in [2.45, 2.75) is 0 Å². The summed E-state index contributed by atoms with van der Waals surface area (Å²) in [5, 5.41) is 8.92. The fourth-order valence-corrected chi connectivity index (χ4v) is 1.49. The van der Waals surface area contributed by atoms with E-state index in [1.807, 2.05) is 6.07 Å². The van der Waals surface area contributed by atoms with Crippen LogP contribution < -0.4 is 15.2 Å². The SMILES string of the molecule is COc1cc(C#N)ccc1Oc1ncnc(Cl)c1N. The van der Waals surface area contributed by atoms with Crippen molar-refractivity contribution in [2.75, 3.05) is 12.8 Å².